The molecule has 0 bridgehead atoms. The molecule has 0 N–H and O–H groups in total. The van der Waals surface area contributed by atoms with Gasteiger partial charge in [0.1, 0.15) is 0 Å². The molecule has 3 heteroatoms. The molecule has 1 saturated carbocycles. The molecule has 19 heavy (non-hydrogen) atoms. The smallest absolute Gasteiger partial charge is 0.152 e. The van der Waals surface area contributed by atoms with E-state index in [1.807, 2.05) is 18.2 Å². The second-order valence-corrected chi connectivity index (χ2v) is 6.19. The molecule has 0 spiro atoms. The van der Waals surface area contributed by atoms with E-state index in [9.17, 15) is 4.79 Å². The van der Waals surface area contributed by atoms with Gasteiger partial charge in [-0.3, -0.25) is 4.79 Å². The number of benzene rings is 1. The van der Waals surface area contributed by atoms with Gasteiger partial charge < -0.3 is 4.90 Å². The van der Waals surface area contributed by atoms with Crippen LogP contribution in [0.4, 0.5) is 5.69 Å². The van der Waals surface area contributed by atoms with Gasteiger partial charge in [0.15, 0.2) is 6.29 Å². The van der Waals surface area contributed by atoms with Crippen molar-refractivity contribution >= 4 is 23.6 Å². The van der Waals surface area contributed by atoms with Gasteiger partial charge in [-0.25, -0.2) is 0 Å². The topological polar surface area (TPSA) is 20.3 Å². The van der Waals surface area contributed by atoms with Gasteiger partial charge in [-0.1, -0.05) is 44.4 Å². The highest BCUT2D eigenvalue weighted by molar-refractivity contribution is 6.34. The van der Waals surface area contributed by atoms with Gasteiger partial charge in [0.25, 0.3) is 0 Å². The number of nitrogens with zero attached hydrogens (tertiary/aromatic N) is 1. The van der Waals surface area contributed by atoms with Gasteiger partial charge in [0.2, 0.25) is 0 Å². The normalized spacial score (nSPS) is 16.0. The number of hydrogen-bond acceptors (Lipinski definition) is 2. The molecule has 0 atom stereocenters. The molecule has 0 amide bonds. The third kappa shape index (κ3) is 3.30. The quantitative estimate of drug-likeness (QED) is 0.737. The molecule has 2 nitrogen and oxygen atoms in total. The number of para-hydroxylation sites is 1. The summed E-state index contributed by atoms with van der Waals surface area (Å²) in [5, 5.41) is 0.692. The summed E-state index contributed by atoms with van der Waals surface area (Å²) in [6.07, 6.45) is 5.89. The van der Waals surface area contributed by atoms with Crippen LogP contribution in [0.5, 0.6) is 0 Å². The van der Waals surface area contributed by atoms with E-state index in [0.717, 1.165) is 18.5 Å². The maximum Gasteiger partial charge on any atom is 0.152 e. The maximum atomic E-state index is 11.3. The number of carbonyl (C=O) groups excluding carboxylic acids is 1. The highest BCUT2D eigenvalue weighted by Gasteiger charge is 2.26. The zero-order chi connectivity index (χ0) is 13.8. The van der Waals surface area contributed by atoms with Gasteiger partial charge in [-0.2, -0.15) is 0 Å². The number of aldehydes is 1. The van der Waals surface area contributed by atoms with Gasteiger partial charge in [0.05, 0.1) is 10.7 Å². The summed E-state index contributed by atoms with van der Waals surface area (Å²) in [6, 6.07) is 6.11. The SMILES string of the molecule is CC(C)CN(c1c(Cl)cccc1C=O)C1CCCC1. The number of rotatable bonds is 5. The Kier molecular flexibility index (Phi) is 4.87. The van der Waals surface area contributed by atoms with Crippen molar-refractivity contribution in [2.45, 2.75) is 45.6 Å². The zero-order valence-electron chi connectivity index (χ0n) is 11.7. The first-order valence-electron chi connectivity index (χ1n) is 7.13. The van der Waals surface area contributed by atoms with Gasteiger partial charge in [-0.05, 0) is 30.9 Å². The molecule has 104 valence electrons. The predicted octanol–water partition coefficient (Wildman–Crippen LogP) is 4.56. The summed E-state index contributed by atoms with van der Waals surface area (Å²) in [4.78, 5) is 13.7. The van der Waals surface area contributed by atoms with Crippen LogP contribution in [0.3, 0.4) is 0 Å². The summed E-state index contributed by atoms with van der Waals surface area (Å²) >= 11 is 6.36. The first-order valence-corrected chi connectivity index (χ1v) is 7.51. The van der Waals surface area contributed by atoms with E-state index in [4.69, 9.17) is 11.6 Å². The van der Waals surface area contributed by atoms with Crippen molar-refractivity contribution in [1.29, 1.82) is 0 Å². The van der Waals surface area contributed by atoms with Crippen LogP contribution >= 0.6 is 11.6 Å². The number of anilines is 1. The largest absolute Gasteiger partial charge is 0.367 e. The Morgan fingerprint density at radius 3 is 2.63 bits per heavy atom. The molecule has 0 aromatic heterocycles. The second kappa shape index (κ2) is 6.42. The lowest BCUT2D eigenvalue weighted by atomic mass is 10.1. The molecule has 2 rings (SSSR count). The van der Waals surface area contributed by atoms with Crippen LogP contribution in [-0.4, -0.2) is 18.9 Å². The summed E-state index contributed by atoms with van der Waals surface area (Å²) in [5.74, 6) is 0.552. The van der Waals surface area contributed by atoms with Crippen LogP contribution < -0.4 is 4.90 Å². The van der Waals surface area contributed by atoms with Crippen molar-refractivity contribution in [1.82, 2.24) is 0 Å². The van der Waals surface area contributed by atoms with E-state index in [1.54, 1.807) is 0 Å². The van der Waals surface area contributed by atoms with Crippen LogP contribution in [-0.2, 0) is 0 Å². The Labute approximate surface area is 120 Å². The molecule has 0 heterocycles. The van der Waals surface area contributed by atoms with E-state index in [1.165, 1.54) is 25.7 Å². The molecule has 0 saturated heterocycles. The van der Waals surface area contributed by atoms with Crippen molar-refractivity contribution in [3.05, 3.63) is 28.8 Å². The minimum Gasteiger partial charge on any atom is -0.367 e. The molecule has 1 aromatic rings. The molecule has 1 aliphatic rings. The standard InChI is InChI=1S/C16H22ClNO/c1-12(2)10-18(14-7-3-4-8-14)16-13(11-19)6-5-9-15(16)17/h5-6,9,11-12,14H,3-4,7-8,10H2,1-2H3. The second-order valence-electron chi connectivity index (χ2n) is 5.78. The molecule has 1 aliphatic carbocycles. The Morgan fingerprint density at radius 1 is 1.37 bits per heavy atom. The van der Waals surface area contributed by atoms with Crippen LogP contribution in [0.15, 0.2) is 18.2 Å². The lowest BCUT2D eigenvalue weighted by Crippen LogP contribution is -2.37. The Hall–Kier alpha value is -1.02. The van der Waals surface area contributed by atoms with E-state index in [2.05, 4.69) is 18.7 Å². The molecule has 0 radical (unpaired) electrons. The van der Waals surface area contributed by atoms with Gasteiger partial charge in [0, 0.05) is 18.2 Å². The van der Waals surface area contributed by atoms with Crippen LogP contribution in [0, 0.1) is 5.92 Å². The fraction of sp³-hybridized carbons (Fsp3) is 0.562. The van der Waals surface area contributed by atoms with Crippen LogP contribution in [0.1, 0.15) is 49.9 Å². The molecule has 0 unspecified atom stereocenters. The fourth-order valence-corrected chi connectivity index (χ4v) is 3.25. The minimum atomic E-state index is 0.529. The van der Waals surface area contributed by atoms with E-state index in [-0.39, 0.29) is 0 Å². The zero-order valence-corrected chi connectivity index (χ0v) is 12.5. The monoisotopic (exact) mass is 279 g/mol. The highest BCUT2D eigenvalue weighted by Crippen LogP contribution is 2.35. The Balaban J connectivity index is 2.39. The lowest BCUT2D eigenvalue weighted by Gasteiger charge is -2.34. The Bertz CT molecular complexity index is 438. The van der Waals surface area contributed by atoms with Crippen molar-refractivity contribution in [2.75, 3.05) is 11.4 Å². The molecular formula is C16H22ClNO. The number of halogens is 1. The van der Waals surface area contributed by atoms with E-state index < -0.39 is 0 Å². The average molecular weight is 280 g/mol. The van der Waals surface area contributed by atoms with Gasteiger partial charge in [-0.15, -0.1) is 0 Å². The van der Waals surface area contributed by atoms with Crippen molar-refractivity contribution < 1.29 is 4.79 Å². The minimum absolute atomic E-state index is 0.529. The molecule has 0 aliphatic heterocycles. The summed E-state index contributed by atoms with van der Waals surface area (Å²) in [6.45, 7) is 5.37. The summed E-state index contributed by atoms with van der Waals surface area (Å²) in [5.41, 5.74) is 1.64. The van der Waals surface area contributed by atoms with Crippen LogP contribution in [0.25, 0.3) is 0 Å². The third-order valence-corrected chi connectivity index (χ3v) is 4.06. The molecule has 1 aromatic carbocycles. The maximum absolute atomic E-state index is 11.3. The first kappa shape index (κ1) is 14.4. The third-order valence-electron chi connectivity index (χ3n) is 3.76. The summed E-state index contributed by atoms with van der Waals surface area (Å²) in [7, 11) is 0. The Morgan fingerprint density at radius 2 is 2.05 bits per heavy atom. The summed E-state index contributed by atoms with van der Waals surface area (Å²) < 4.78 is 0. The number of hydrogen-bond donors (Lipinski definition) is 0. The highest BCUT2D eigenvalue weighted by atomic mass is 35.5. The van der Waals surface area contributed by atoms with Crippen molar-refractivity contribution in [3.8, 4) is 0 Å². The predicted molar refractivity (Wildman–Crippen MR) is 81.3 cm³/mol. The number of carbonyl (C=O) groups is 1. The van der Waals surface area contributed by atoms with Crippen molar-refractivity contribution in [2.24, 2.45) is 5.92 Å². The van der Waals surface area contributed by atoms with Crippen molar-refractivity contribution in [3.63, 3.8) is 0 Å². The van der Waals surface area contributed by atoms with E-state index >= 15 is 0 Å². The van der Waals surface area contributed by atoms with Crippen LogP contribution in [0.2, 0.25) is 5.02 Å². The average Bonchev–Trinajstić information content (AvgIpc) is 2.89. The molecular weight excluding hydrogens is 258 g/mol. The van der Waals surface area contributed by atoms with Gasteiger partial charge >= 0.3 is 0 Å². The first-order chi connectivity index (χ1) is 9.13. The lowest BCUT2D eigenvalue weighted by molar-refractivity contribution is 0.112. The molecule has 1 fully saturated rings. The van der Waals surface area contributed by atoms with E-state index in [0.29, 0.717) is 22.5 Å². The fourth-order valence-electron chi connectivity index (χ4n) is 2.96.